The zero-order valence-electron chi connectivity index (χ0n) is 24.6. The first-order valence-corrected chi connectivity index (χ1v) is 14.8. The first-order valence-electron chi connectivity index (χ1n) is 14.0. The summed E-state index contributed by atoms with van der Waals surface area (Å²) in [5, 5.41) is 1.34. The summed E-state index contributed by atoms with van der Waals surface area (Å²) in [6.45, 7) is 8.87. The predicted molar refractivity (Wildman–Crippen MR) is 173 cm³/mol. The molecule has 8 heteroatoms. The van der Waals surface area contributed by atoms with E-state index in [1.54, 1.807) is 25.3 Å². The number of benzene rings is 3. The van der Waals surface area contributed by atoms with Gasteiger partial charge < -0.3 is 19.0 Å². The summed E-state index contributed by atoms with van der Waals surface area (Å²) in [5.74, 6) is -0.646. The van der Waals surface area contributed by atoms with Gasteiger partial charge in [0, 0.05) is 40.1 Å². The number of aromatic nitrogens is 2. The van der Waals surface area contributed by atoms with Crippen LogP contribution in [0.2, 0.25) is 10.0 Å². The number of halogens is 2. The minimum absolute atomic E-state index is 0.309. The molecule has 1 N–H and O–H groups in total. The fourth-order valence-electron chi connectivity index (χ4n) is 4.87. The van der Waals surface area contributed by atoms with Crippen LogP contribution in [0.5, 0.6) is 0 Å². The predicted octanol–water partition coefficient (Wildman–Crippen LogP) is 9.16. The van der Waals surface area contributed by atoms with E-state index in [2.05, 4.69) is 4.98 Å². The summed E-state index contributed by atoms with van der Waals surface area (Å²) in [7, 11) is 0. The molecule has 0 unspecified atom stereocenters. The standard InChI is InChI=1S/C21H20ClNO2.C14H14ClNO2/c1-3-25-21(24)20-19(17-9-11-18(22)12-10-17)15(2)13-23(20)14-16-7-5-4-6-8-16;1-3-18-14(17)13-12(9(2)8-16-13)10-4-6-11(15)7-5-10/h4-13H,3,14H2,1-2H3;4-8,16H,3H2,1-2H3. The van der Waals surface area contributed by atoms with Crippen molar-refractivity contribution >= 4 is 35.1 Å². The third-order valence-corrected chi connectivity index (χ3v) is 7.26. The Bertz CT molecular complexity index is 1670. The number of nitrogens with one attached hydrogen (secondary N) is 1. The van der Waals surface area contributed by atoms with Gasteiger partial charge in [0.2, 0.25) is 0 Å². The zero-order valence-corrected chi connectivity index (χ0v) is 26.1. The van der Waals surface area contributed by atoms with Crippen LogP contribution in [0.1, 0.15) is 51.5 Å². The minimum atomic E-state index is -0.337. The van der Waals surface area contributed by atoms with Gasteiger partial charge in [-0.05, 0) is 79.8 Å². The summed E-state index contributed by atoms with van der Waals surface area (Å²) in [6, 6.07) is 25.0. The molecule has 0 atom stereocenters. The topological polar surface area (TPSA) is 73.3 Å². The molecule has 0 saturated carbocycles. The van der Waals surface area contributed by atoms with Crippen LogP contribution in [0.15, 0.2) is 91.3 Å². The monoisotopic (exact) mass is 616 g/mol. The van der Waals surface area contributed by atoms with Crippen molar-refractivity contribution in [2.24, 2.45) is 0 Å². The van der Waals surface area contributed by atoms with Crippen molar-refractivity contribution in [3.63, 3.8) is 0 Å². The molecule has 0 amide bonds. The molecule has 43 heavy (non-hydrogen) atoms. The highest BCUT2D eigenvalue weighted by atomic mass is 35.5. The molecule has 0 aliphatic rings. The number of carbonyl (C=O) groups excluding carboxylic acids is 2. The lowest BCUT2D eigenvalue weighted by Gasteiger charge is -2.11. The van der Waals surface area contributed by atoms with Crippen LogP contribution >= 0.6 is 23.2 Å². The number of aromatic amines is 1. The summed E-state index contributed by atoms with van der Waals surface area (Å²) < 4.78 is 12.3. The van der Waals surface area contributed by atoms with Gasteiger partial charge in [0.05, 0.1) is 13.2 Å². The van der Waals surface area contributed by atoms with Gasteiger partial charge in [-0.25, -0.2) is 9.59 Å². The maximum atomic E-state index is 12.7. The number of aryl methyl sites for hydroxylation is 2. The van der Waals surface area contributed by atoms with E-state index in [0.717, 1.165) is 38.9 Å². The van der Waals surface area contributed by atoms with E-state index >= 15 is 0 Å². The van der Waals surface area contributed by atoms with Crippen molar-refractivity contribution in [3.8, 4) is 22.3 Å². The smallest absolute Gasteiger partial charge is 0.355 e. The number of carbonyl (C=O) groups is 2. The van der Waals surface area contributed by atoms with Crippen LogP contribution in [0, 0.1) is 13.8 Å². The van der Waals surface area contributed by atoms with Crippen LogP contribution < -0.4 is 0 Å². The fraction of sp³-hybridized carbons (Fsp3) is 0.200. The van der Waals surface area contributed by atoms with E-state index in [4.69, 9.17) is 32.7 Å². The number of esters is 2. The molecule has 3 aromatic carbocycles. The van der Waals surface area contributed by atoms with Crippen molar-refractivity contribution in [3.05, 3.63) is 129 Å². The second-order valence-electron chi connectivity index (χ2n) is 9.83. The molecule has 2 aromatic heterocycles. The Kier molecular flexibility index (Phi) is 10.9. The Labute approximate surface area is 262 Å². The summed E-state index contributed by atoms with van der Waals surface area (Å²) in [6.07, 6.45) is 3.80. The maximum Gasteiger partial charge on any atom is 0.355 e. The van der Waals surface area contributed by atoms with E-state index < -0.39 is 0 Å². The van der Waals surface area contributed by atoms with Gasteiger partial charge in [0.15, 0.2) is 0 Å². The Hall–Kier alpha value is -4.26. The van der Waals surface area contributed by atoms with E-state index in [1.165, 1.54) is 0 Å². The molecular formula is C35H34Cl2N2O4. The van der Waals surface area contributed by atoms with Gasteiger partial charge in [-0.2, -0.15) is 0 Å². The Balaban J connectivity index is 0.000000208. The molecule has 0 fully saturated rings. The fourth-order valence-corrected chi connectivity index (χ4v) is 5.12. The number of hydrogen-bond donors (Lipinski definition) is 1. The molecule has 0 aliphatic heterocycles. The molecule has 0 spiro atoms. The molecule has 222 valence electrons. The lowest BCUT2D eigenvalue weighted by molar-refractivity contribution is 0.0508. The number of ether oxygens (including phenoxy) is 2. The number of nitrogens with zero attached hydrogens (tertiary/aromatic N) is 1. The molecule has 2 heterocycles. The molecule has 6 nitrogen and oxygen atoms in total. The zero-order chi connectivity index (χ0) is 30.9. The highest BCUT2D eigenvalue weighted by Gasteiger charge is 2.23. The average molecular weight is 618 g/mol. The molecule has 0 saturated heterocycles. The third-order valence-electron chi connectivity index (χ3n) is 6.76. The normalized spacial score (nSPS) is 10.6. The highest BCUT2D eigenvalue weighted by molar-refractivity contribution is 6.31. The van der Waals surface area contributed by atoms with Gasteiger partial charge in [-0.1, -0.05) is 77.8 Å². The first kappa shape index (κ1) is 31.7. The van der Waals surface area contributed by atoms with Gasteiger partial charge >= 0.3 is 11.9 Å². The Morgan fingerprint density at radius 1 is 0.721 bits per heavy atom. The van der Waals surface area contributed by atoms with E-state index in [1.807, 2.05) is 98.3 Å². The lowest BCUT2D eigenvalue weighted by atomic mass is 10.0. The minimum Gasteiger partial charge on any atom is -0.461 e. The van der Waals surface area contributed by atoms with Crippen molar-refractivity contribution in [1.29, 1.82) is 0 Å². The molecule has 0 aliphatic carbocycles. The second-order valence-corrected chi connectivity index (χ2v) is 10.7. The van der Waals surface area contributed by atoms with Gasteiger partial charge in [0.1, 0.15) is 11.4 Å². The van der Waals surface area contributed by atoms with Crippen LogP contribution in [-0.4, -0.2) is 34.7 Å². The summed E-state index contributed by atoms with van der Waals surface area (Å²) >= 11 is 11.9. The van der Waals surface area contributed by atoms with Crippen LogP contribution in [0.4, 0.5) is 0 Å². The largest absolute Gasteiger partial charge is 0.461 e. The Morgan fingerprint density at radius 2 is 1.26 bits per heavy atom. The number of rotatable bonds is 8. The lowest BCUT2D eigenvalue weighted by Crippen LogP contribution is -2.13. The van der Waals surface area contributed by atoms with E-state index in [9.17, 15) is 9.59 Å². The Morgan fingerprint density at radius 3 is 1.81 bits per heavy atom. The van der Waals surface area contributed by atoms with Gasteiger partial charge in [0.25, 0.3) is 0 Å². The van der Waals surface area contributed by atoms with Gasteiger partial charge in [-0.3, -0.25) is 0 Å². The SMILES string of the molecule is CCOC(=O)c1[nH]cc(C)c1-c1ccc(Cl)cc1.CCOC(=O)c1c(-c2ccc(Cl)cc2)c(C)cn1Cc1ccccc1. The van der Waals surface area contributed by atoms with Crippen molar-refractivity contribution < 1.29 is 19.1 Å². The van der Waals surface area contributed by atoms with Crippen molar-refractivity contribution in [2.45, 2.75) is 34.2 Å². The molecule has 5 aromatic rings. The summed E-state index contributed by atoms with van der Waals surface area (Å²) in [5.41, 5.74) is 7.88. The van der Waals surface area contributed by atoms with Crippen LogP contribution in [0.3, 0.4) is 0 Å². The first-order chi connectivity index (χ1) is 20.7. The van der Waals surface area contributed by atoms with E-state index in [-0.39, 0.29) is 11.9 Å². The van der Waals surface area contributed by atoms with Crippen molar-refractivity contribution in [1.82, 2.24) is 9.55 Å². The van der Waals surface area contributed by atoms with Crippen LogP contribution in [-0.2, 0) is 16.0 Å². The van der Waals surface area contributed by atoms with Gasteiger partial charge in [-0.15, -0.1) is 0 Å². The summed E-state index contributed by atoms with van der Waals surface area (Å²) in [4.78, 5) is 27.5. The molecular weight excluding hydrogens is 583 g/mol. The molecule has 0 bridgehead atoms. The van der Waals surface area contributed by atoms with Crippen LogP contribution in [0.25, 0.3) is 22.3 Å². The van der Waals surface area contributed by atoms with E-state index in [0.29, 0.717) is 41.2 Å². The molecule has 0 radical (unpaired) electrons. The molecule has 5 rings (SSSR count). The maximum absolute atomic E-state index is 12.7. The average Bonchev–Trinajstić information content (AvgIpc) is 3.54. The second kappa shape index (κ2) is 14.8. The number of H-pyrrole nitrogens is 1. The number of hydrogen-bond acceptors (Lipinski definition) is 4. The van der Waals surface area contributed by atoms with Crippen molar-refractivity contribution in [2.75, 3.05) is 13.2 Å². The third kappa shape index (κ3) is 7.78. The highest BCUT2D eigenvalue weighted by Crippen LogP contribution is 2.32. The quantitative estimate of drug-likeness (QED) is 0.176.